The summed E-state index contributed by atoms with van der Waals surface area (Å²) in [5.41, 5.74) is 1.61. The van der Waals surface area contributed by atoms with Gasteiger partial charge in [0, 0.05) is 39.8 Å². The van der Waals surface area contributed by atoms with Gasteiger partial charge in [-0.1, -0.05) is 6.58 Å². The summed E-state index contributed by atoms with van der Waals surface area (Å²) in [6.07, 6.45) is 0. The minimum atomic E-state index is -0.418. The Morgan fingerprint density at radius 2 is 1.26 bits per heavy atom. The van der Waals surface area contributed by atoms with Crippen molar-refractivity contribution in [3.8, 4) is 23.0 Å². The summed E-state index contributed by atoms with van der Waals surface area (Å²) in [6.45, 7) is 14.3. The average Bonchev–Trinajstić information content (AvgIpc) is 3.55. The van der Waals surface area contributed by atoms with E-state index >= 15 is 0 Å². The Kier molecular flexibility index (Phi) is 11.0. The Morgan fingerprint density at radius 3 is 1.62 bits per heavy atom. The summed E-state index contributed by atoms with van der Waals surface area (Å²) >= 11 is 0. The normalized spacial score (nSPS) is 15.0. The molecular weight excluding hydrogens is 508 g/mol. The number of anilines is 2. The highest BCUT2D eigenvalue weighted by Crippen LogP contribution is 2.33. The number of epoxide rings is 1. The minimum absolute atomic E-state index is 0.205. The maximum atomic E-state index is 11.2. The lowest BCUT2D eigenvalue weighted by molar-refractivity contribution is -0.132. The van der Waals surface area contributed by atoms with E-state index in [2.05, 4.69) is 17.2 Å². The van der Waals surface area contributed by atoms with Crippen LogP contribution in [0.3, 0.4) is 0 Å². The van der Waals surface area contributed by atoms with E-state index in [1.807, 2.05) is 13.8 Å². The summed E-state index contributed by atoms with van der Waals surface area (Å²) in [5.74, 6) is 0.345. The van der Waals surface area contributed by atoms with Crippen molar-refractivity contribution >= 4 is 35.1 Å². The maximum Gasteiger partial charge on any atom is 0.308 e. The Balaban J connectivity index is 0.000000274. The van der Waals surface area contributed by atoms with Crippen LogP contribution in [0.4, 0.5) is 11.4 Å². The number of nitrogens with one attached hydrogen (secondary N) is 2. The predicted octanol–water partition coefficient (Wildman–Crippen LogP) is 4.26. The van der Waals surface area contributed by atoms with Crippen LogP contribution in [0, 0.1) is 0 Å². The Bertz CT molecular complexity index is 1240. The molecule has 1 aliphatic heterocycles. The first-order chi connectivity index (χ1) is 18.3. The molecule has 2 aromatic rings. The van der Waals surface area contributed by atoms with Gasteiger partial charge >= 0.3 is 11.9 Å². The largest absolute Gasteiger partial charge is 0.488 e. The van der Waals surface area contributed by atoms with Crippen LogP contribution in [0.25, 0.3) is 0 Å². The molecule has 0 radical (unpaired) electrons. The number of ether oxygens (including phenoxy) is 5. The predicted molar refractivity (Wildman–Crippen MR) is 144 cm³/mol. The van der Waals surface area contributed by atoms with Crippen molar-refractivity contribution in [3.05, 3.63) is 48.6 Å². The fourth-order valence-electron chi connectivity index (χ4n) is 2.93. The topological polar surface area (TPSA) is 142 Å². The molecule has 0 bridgehead atoms. The number of rotatable bonds is 10. The number of carbonyl (C=O) groups excluding carboxylic acids is 4. The zero-order valence-electron chi connectivity index (χ0n) is 23.0. The van der Waals surface area contributed by atoms with Crippen LogP contribution in [-0.2, 0) is 23.9 Å². The number of hydrogen-bond donors (Lipinski definition) is 2. The summed E-state index contributed by atoms with van der Waals surface area (Å²) in [5, 5.41) is 5.31. The monoisotopic (exact) mass is 542 g/mol. The van der Waals surface area contributed by atoms with E-state index in [0.29, 0.717) is 54.2 Å². The first-order valence-electron chi connectivity index (χ1n) is 12.0. The summed E-state index contributed by atoms with van der Waals surface area (Å²) < 4.78 is 26.4. The molecule has 2 aromatic carbocycles. The van der Waals surface area contributed by atoms with Gasteiger partial charge in [0.1, 0.15) is 41.8 Å². The highest BCUT2D eigenvalue weighted by molar-refractivity contribution is 5.91. The molecule has 11 nitrogen and oxygen atoms in total. The lowest BCUT2D eigenvalue weighted by atomic mass is 10.2. The molecule has 1 unspecified atom stereocenters. The van der Waals surface area contributed by atoms with Gasteiger partial charge in [-0.25, -0.2) is 0 Å². The number of esters is 2. The van der Waals surface area contributed by atoms with Gasteiger partial charge < -0.3 is 34.3 Å². The average molecular weight is 543 g/mol. The van der Waals surface area contributed by atoms with Crippen LogP contribution in [0.1, 0.15) is 41.5 Å². The third-order valence-corrected chi connectivity index (χ3v) is 4.69. The molecule has 1 aliphatic rings. The van der Waals surface area contributed by atoms with Gasteiger partial charge in [0.05, 0.1) is 18.0 Å². The second-order valence-corrected chi connectivity index (χ2v) is 9.14. The second kappa shape index (κ2) is 14.0. The van der Waals surface area contributed by atoms with Crippen molar-refractivity contribution < 1.29 is 42.9 Å². The molecule has 0 saturated carbocycles. The summed E-state index contributed by atoms with van der Waals surface area (Å²) in [4.78, 5) is 44.1. The Labute approximate surface area is 227 Å². The molecule has 2 N–H and O–H groups in total. The Hall–Kier alpha value is -4.38. The van der Waals surface area contributed by atoms with Gasteiger partial charge in [0.2, 0.25) is 11.8 Å². The lowest BCUT2D eigenvalue weighted by Gasteiger charge is -2.14. The van der Waals surface area contributed by atoms with Crippen LogP contribution in [0.15, 0.2) is 48.6 Å². The van der Waals surface area contributed by atoms with Gasteiger partial charge in [0.25, 0.3) is 0 Å². The van der Waals surface area contributed by atoms with E-state index < -0.39 is 11.9 Å². The molecule has 1 saturated heterocycles. The van der Waals surface area contributed by atoms with E-state index in [4.69, 9.17) is 23.7 Å². The molecule has 210 valence electrons. The van der Waals surface area contributed by atoms with E-state index in [1.54, 1.807) is 36.4 Å². The van der Waals surface area contributed by atoms with Crippen LogP contribution in [-0.4, -0.2) is 49.2 Å². The maximum absolute atomic E-state index is 11.2. The number of carbonyl (C=O) groups is 4. The van der Waals surface area contributed by atoms with Gasteiger partial charge in [-0.15, -0.1) is 0 Å². The third-order valence-electron chi connectivity index (χ3n) is 4.69. The molecule has 0 aliphatic carbocycles. The molecule has 1 atom stereocenters. The number of hydrogen-bond acceptors (Lipinski definition) is 9. The van der Waals surface area contributed by atoms with E-state index in [9.17, 15) is 19.2 Å². The molecule has 2 amide bonds. The molecule has 0 spiro atoms. The van der Waals surface area contributed by atoms with Crippen molar-refractivity contribution in [2.75, 3.05) is 30.5 Å². The highest BCUT2D eigenvalue weighted by Gasteiger charge is 2.40. The van der Waals surface area contributed by atoms with Crippen molar-refractivity contribution in [1.82, 2.24) is 0 Å². The molecule has 1 fully saturated rings. The first kappa shape index (κ1) is 30.8. The van der Waals surface area contributed by atoms with Gasteiger partial charge in [-0.3, -0.25) is 19.2 Å². The van der Waals surface area contributed by atoms with Crippen LogP contribution >= 0.6 is 0 Å². The highest BCUT2D eigenvalue weighted by atomic mass is 16.6. The molecule has 39 heavy (non-hydrogen) atoms. The van der Waals surface area contributed by atoms with E-state index in [-0.39, 0.29) is 17.4 Å². The van der Waals surface area contributed by atoms with E-state index in [1.165, 1.54) is 27.7 Å². The van der Waals surface area contributed by atoms with Crippen molar-refractivity contribution in [2.45, 2.75) is 47.1 Å². The fourth-order valence-corrected chi connectivity index (χ4v) is 2.93. The summed E-state index contributed by atoms with van der Waals surface area (Å²) in [7, 11) is 0. The number of amides is 2. The number of benzene rings is 2. The second-order valence-electron chi connectivity index (χ2n) is 9.14. The smallest absolute Gasteiger partial charge is 0.308 e. The first-order valence-corrected chi connectivity index (χ1v) is 12.0. The molecule has 0 aromatic heterocycles. The third kappa shape index (κ3) is 11.7. The van der Waals surface area contributed by atoms with Crippen molar-refractivity contribution in [3.63, 3.8) is 0 Å². The molecule has 1 heterocycles. The van der Waals surface area contributed by atoms with Gasteiger partial charge in [-0.2, -0.15) is 0 Å². The van der Waals surface area contributed by atoms with E-state index in [0.717, 1.165) is 5.57 Å². The summed E-state index contributed by atoms with van der Waals surface area (Å²) in [6, 6.07) is 9.54. The van der Waals surface area contributed by atoms with Crippen LogP contribution < -0.4 is 29.6 Å². The zero-order valence-corrected chi connectivity index (χ0v) is 23.0. The molecule has 11 heteroatoms. The van der Waals surface area contributed by atoms with Gasteiger partial charge in [0.15, 0.2) is 0 Å². The minimum Gasteiger partial charge on any atom is -0.488 e. The fraction of sp³-hybridized carbons (Fsp3) is 0.357. The van der Waals surface area contributed by atoms with Crippen LogP contribution in [0.2, 0.25) is 0 Å². The Morgan fingerprint density at radius 1 is 0.821 bits per heavy atom. The lowest BCUT2D eigenvalue weighted by Crippen LogP contribution is -2.18. The quantitative estimate of drug-likeness (QED) is 0.195. The standard InChI is InChI=1S/C14H17NO5.C14H17NO4/c1-9(16)15-12-5-4-11(20-10(2)17)6-13(12)18-7-14(3)8-19-14;1-9(2)8-18-14-7-12(19-11(4)17)5-6-13(14)15-10(3)16/h4-6H,7-8H2,1-3H3,(H,15,16);5-7H,1,8H2,2-4H3,(H,15,16). The SMILES string of the molecule is C=C(C)COc1cc(OC(C)=O)ccc1NC(C)=O.CC(=O)Nc1ccc(OC(C)=O)cc1OCC1(C)CO1. The zero-order chi connectivity index (χ0) is 29.2. The molecule has 3 rings (SSSR count). The van der Waals surface area contributed by atoms with Gasteiger partial charge in [-0.05, 0) is 43.7 Å². The van der Waals surface area contributed by atoms with Crippen molar-refractivity contribution in [2.24, 2.45) is 0 Å². The van der Waals surface area contributed by atoms with Crippen molar-refractivity contribution in [1.29, 1.82) is 0 Å². The van der Waals surface area contributed by atoms with Crippen LogP contribution in [0.5, 0.6) is 23.0 Å². The molecular formula is C28H34N2O9.